The lowest BCUT2D eigenvalue weighted by Gasteiger charge is -2.14. The highest BCUT2D eigenvalue weighted by atomic mass is 79.9. The first-order valence-electron chi connectivity index (χ1n) is 8.63. The standard InChI is InChI=1S/C21H19BrN2O4S/c1-14-10-11-17(23-21(25)15-6-5-7-16(22)12-15)13-20(14)29(26,27)24-18-8-3-4-9-19(18)28-2/h3-13,24H,1-2H3,(H,23,25). The summed E-state index contributed by atoms with van der Waals surface area (Å²) in [6.45, 7) is 1.69. The molecular weight excluding hydrogens is 456 g/mol. The average Bonchev–Trinajstić information content (AvgIpc) is 2.69. The maximum Gasteiger partial charge on any atom is 0.262 e. The molecule has 0 heterocycles. The van der Waals surface area contributed by atoms with Crippen LogP contribution in [0, 0.1) is 6.92 Å². The molecule has 3 aromatic carbocycles. The molecule has 0 saturated carbocycles. The molecule has 0 radical (unpaired) electrons. The van der Waals surface area contributed by atoms with Gasteiger partial charge in [-0.25, -0.2) is 8.42 Å². The summed E-state index contributed by atoms with van der Waals surface area (Å²) in [5.41, 5.74) is 1.71. The van der Waals surface area contributed by atoms with Gasteiger partial charge in [0.05, 0.1) is 17.7 Å². The van der Waals surface area contributed by atoms with Gasteiger partial charge < -0.3 is 10.1 Å². The number of hydrogen-bond acceptors (Lipinski definition) is 4. The maximum atomic E-state index is 13.0. The van der Waals surface area contributed by atoms with Crippen molar-refractivity contribution in [3.8, 4) is 5.75 Å². The molecule has 0 spiro atoms. The number of ether oxygens (including phenoxy) is 1. The summed E-state index contributed by atoms with van der Waals surface area (Å²) in [5, 5.41) is 2.73. The van der Waals surface area contributed by atoms with Crippen molar-refractivity contribution in [2.75, 3.05) is 17.1 Å². The highest BCUT2D eigenvalue weighted by Crippen LogP contribution is 2.28. The van der Waals surface area contributed by atoms with E-state index in [0.717, 1.165) is 4.47 Å². The molecule has 0 bridgehead atoms. The number of sulfonamides is 1. The molecule has 29 heavy (non-hydrogen) atoms. The Kier molecular flexibility index (Phi) is 6.24. The fourth-order valence-electron chi connectivity index (χ4n) is 2.73. The fraction of sp³-hybridized carbons (Fsp3) is 0.0952. The zero-order valence-corrected chi connectivity index (χ0v) is 18.2. The molecule has 1 amide bonds. The smallest absolute Gasteiger partial charge is 0.262 e. The molecular formula is C21H19BrN2O4S. The molecule has 0 fully saturated rings. The second-order valence-corrected chi connectivity index (χ2v) is 8.82. The Balaban J connectivity index is 1.89. The van der Waals surface area contributed by atoms with Crippen molar-refractivity contribution in [1.82, 2.24) is 0 Å². The minimum absolute atomic E-state index is 0.0652. The van der Waals surface area contributed by atoms with Crippen molar-refractivity contribution in [2.45, 2.75) is 11.8 Å². The molecule has 0 aliphatic rings. The van der Waals surface area contributed by atoms with Gasteiger partial charge in [-0.3, -0.25) is 9.52 Å². The quantitative estimate of drug-likeness (QED) is 0.536. The Labute approximate surface area is 178 Å². The first kappa shape index (κ1) is 20.9. The number of anilines is 2. The largest absolute Gasteiger partial charge is 0.495 e. The zero-order valence-electron chi connectivity index (χ0n) is 15.8. The van der Waals surface area contributed by atoms with E-state index in [9.17, 15) is 13.2 Å². The van der Waals surface area contributed by atoms with Gasteiger partial charge in [-0.1, -0.05) is 40.2 Å². The highest BCUT2D eigenvalue weighted by Gasteiger charge is 2.20. The number of rotatable bonds is 6. The van der Waals surface area contributed by atoms with E-state index in [-0.39, 0.29) is 10.8 Å². The summed E-state index contributed by atoms with van der Waals surface area (Å²) in [7, 11) is -2.43. The van der Waals surface area contributed by atoms with Crippen LogP contribution in [0.25, 0.3) is 0 Å². The number of carbonyl (C=O) groups excluding carboxylic acids is 1. The lowest BCUT2D eigenvalue weighted by Crippen LogP contribution is -2.16. The number of para-hydroxylation sites is 2. The van der Waals surface area contributed by atoms with Crippen molar-refractivity contribution in [3.63, 3.8) is 0 Å². The molecule has 3 rings (SSSR count). The number of halogens is 1. The van der Waals surface area contributed by atoms with Crippen LogP contribution in [-0.4, -0.2) is 21.4 Å². The highest BCUT2D eigenvalue weighted by molar-refractivity contribution is 9.10. The summed E-state index contributed by atoms with van der Waals surface area (Å²) in [6.07, 6.45) is 0. The topological polar surface area (TPSA) is 84.5 Å². The Bertz CT molecular complexity index is 1160. The van der Waals surface area contributed by atoms with Crippen molar-refractivity contribution in [2.24, 2.45) is 0 Å². The number of amides is 1. The van der Waals surface area contributed by atoms with Gasteiger partial charge in [-0.2, -0.15) is 0 Å². The van der Waals surface area contributed by atoms with Crippen LogP contribution in [0.4, 0.5) is 11.4 Å². The number of carbonyl (C=O) groups is 1. The van der Waals surface area contributed by atoms with E-state index < -0.39 is 10.0 Å². The number of benzene rings is 3. The first-order valence-corrected chi connectivity index (χ1v) is 10.9. The van der Waals surface area contributed by atoms with E-state index in [2.05, 4.69) is 26.0 Å². The molecule has 6 nitrogen and oxygen atoms in total. The molecule has 0 aliphatic carbocycles. The van der Waals surface area contributed by atoms with Crippen LogP contribution < -0.4 is 14.8 Å². The van der Waals surface area contributed by atoms with Gasteiger partial charge in [-0.15, -0.1) is 0 Å². The minimum atomic E-state index is -3.90. The van der Waals surface area contributed by atoms with E-state index in [1.807, 2.05) is 6.07 Å². The predicted octanol–water partition coefficient (Wildman–Crippen LogP) is 4.82. The van der Waals surface area contributed by atoms with Crippen LogP contribution in [-0.2, 0) is 10.0 Å². The molecule has 0 atom stereocenters. The van der Waals surface area contributed by atoms with Gasteiger partial charge in [0.2, 0.25) is 0 Å². The first-order chi connectivity index (χ1) is 13.8. The summed E-state index contributed by atoms with van der Waals surface area (Å²) >= 11 is 3.33. The molecule has 0 aliphatic heterocycles. The molecule has 150 valence electrons. The average molecular weight is 475 g/mol. The van der Waals surface area contributed by atoms with E-state index >= 15 is 0 Å². The van der Waals surface area contributed by atoms with Crippen LogP contribution in [0.1, 0.15) is 15.9 Å². The molecule has 8 heteroatoms. The number of nitrogens with one attached hydrogen (secondary N) is 2. The minimum Gasteiger partial charge on any atom is -0.495 e. The Morgan fingerprint density at radius 1 is 1.00 bits per heavy atom. The summed E-state index contributed by atoms with van der Waals surface area (Å²) in [4.78, 5) is 12.5. The number of hydrogen-bond donors (Lipinski definition) is 2. The van der Waals surface area contributed by atoms with Gasteiger partial charge in [0, 0.05) is 15.7 Å². The van der Waals surface area contributed by atoms with Crippen molar-refractivity contribution >= 4 is 43.2 Å². The Morgan fingerprint density at radius 2 is 1.76 bits per heavy atom. The Morgan fingerprint density at radius 3 is 2.48 bits per heavy atom. The second kappa shape index (κ2) is 8.67. The molecule has 0 saturated heterocycles. The number of methoxy groups -OCH3 is 1. The van der Waals surface area contributed by atoms with Crippen molar-refractivity contribution in [1.29, 1.82) is 0 Å². The van der Waals surface area contributed by atoms with Crippen LogP contribution >= 0.6 is 15.9 Å². The summed E-state index contributed by atoms with van der Waals surface area (Å²) < 4.78 is 34.4. The molecule has 3 aromatic rings. The van der Waals surface area contributed by atoms with Crippen LogP contribution in [0.15, 0.2) is 76.1 Å². The van der Waals surface area contributed by atoms with Gasteiger partial charge in [0.1, 0.15) is 5.75 Å². The normalized spacial score (nSPS) is 11.0. The number of aryl methyl sites for hydroxylation is 1. The van der Waals surface area contributed by atoms with Gasteiger partial charge in [-0.05, 0) is 55.0 Å². The summed E-state index contributed by atoms with van der Waals surface area (Å²) in [5.74, 6) is 0.0732. The van der Waals surface area contributed by atoms with Crippen molar-refractivity contribution in [3.05, 3.63) is 82.3 Å². The van der Waals surface area contributed by atoms with E-state index in [1.165, 1.54) is 13.2 Å². The Hall–Kier alpha value is -2.84. The van der Waals surface area contributed by atoms with Crippen LogP contribution in [0.2, 0.25) is 0 Å². The lowest BCUT2D eigenvalue weighted by atomic mass is 10.2. The third-order valence-corrected chi connectivity index (χ3v) is 6.17. The fourth-order valence-corrected chi connectivity index (χ4v) is 4.47. The van der Waals surface area contributed by atoms with E-state index in [4.69, 9.17) is 4.74 Å². The second-order valence-electron chi connectivity index (χ2n) is 6.25. The van der Waals surface area contributed by atoms with E-state index in [1.54, 1.807) is 61.5 Å². The third kappa shape index (κ3) is 4.96. The predicted molar refractivity (Wildman–Crippen MR) is 117 cm³/mol. The SMILES string of the molecule is COc1ccccc1NS(=O)(=O)c1cc(NC(=O)c2cccc(Br)c2)ccc1C. The molecule has 0 aromatic heterocycles. The van der Waals surface area contributed by atoms with Crippen molar-refractivity contribution < 1.29 is 17.9 Å². The molecule has 0 unspecified atom stereocenters. The lowest BCUT2D eigenvalue weighted by molar-refractivity contribution is 0.102. The molecule has 2 N–H and O–H groups in total. The monoisotopic (exact) mass is 474 g/mol. The van der Waals surface area contributed by atoms with Gasteiger partial charge in [0.25, 0.3) is 15.9 Å². The van der Waals surface area contributed by atoms with E-state index in [0.29, 0.717) is 28.3 Å². The maximum absolute atomic E-state index is 13.0. The van der Waals surface area contributed by atoms with Gasteiger partial charge >= 0.3 is 0 Å². The third-order valence-electron chi connectivity index (χ3n) is 4.17. The zero-order chi connectivity index (χ0) is 21.0. The van der Waals surface area contributed by atoms with Crippen LogP contribution in [0.5, 0.6) is 5.75 Å². The van der Waals surface area contributed by atoms with Gasteiger partial charge in [0.15, 0.2) is 0 Å². The summed E-state index contributed by atoms with van der Waals surface area (Å²) in [6, 6.07) is 18.4. The van der Waals surface area contributed by atoms with Crippen LogP contribution in [0.3, 0.4) is 0 Å².